The topological polar surface area (TPSA) is 0 Å². The Hall–Kier alpha value is 0.480. The standard InChI is InChI=1S/C12H21Br/c1-2-9-3-4-10(7-9)11-5-6-12(13)8-11/h9-12H,2-8H2,1H3. The molecule has 76 valence electrons. The summed E-state index contributed by atoms with van der Waals surface area (Å²) in [6.07, 6.45) is 10.4. The van der Waals surface area contributed by atoms with Crippen LogP contribution < -0.4 is 0 Å². The van der Waals surface area contributed by atoms with E-state index in [-0.39, 0.29) is 0 Å². The van der Waals surface area contributed by atoms with Crippen LogP contribution in [0.15, 0.2) is 0 Å². The van der Waals surface area contributed by atoms with Crippen LogP contribution in [-0.4, -0.2) is 4.83 Å². The lowest BCUT2D eigenvalue weighted by atomic mass is 9.88. The van der Waals surface area contributed by atoms with Crippen LogP contribution in [0.25, 0.3) is 0 Å². The molecule has 4 unspecified atom stereocenters. The Morgan fingerprint density at radius 2 is 1.69 bits per heavy atom. The van der Waals surface area contributed by atoms with Crippen molar-refractivity contribution in [2.45, 2.75) is 56.7 Å². The lowest BCUT2D eigenvalue weighted by Gasteiger charge is -2.17. The summed E-state index contributed by atoms with van der Waals surface area (Å²) in [5, 5.41) is 0. The molecule has 4 atom stereocenters. The summed E-state index contributed by atoms with van der Waals surface area (Å²) >= 11 is 3.76. The fraction of sp³-hybridized carbons (Fsp3) is 1.00. The van der Waals surface area contributed by atoms with Crippen LogP contribution in [0.5, 0.6) is 0 Å². The molecule has 0 aromatic heterocycles. The molecule has 0 aromatic rings. The Morgan fingerprint density at radius 3 is 2.23 bits per heavy atom. The third-order valence-corrected chi connectivity index (χ3v) is 5.07. The third kappa shape index (κ3) is 2.29. The zero-order chi connectivity index (χ0) is 9.26. The molecule has 2 aliphatic rings. The predicted octanol–water partition coefficient (Wildman–Crippen LogP) is 4.38. The number of hydrogen-bond donors (Lipinski definition) is 0. The summed E-state index contributed by atoms with van der Waals surface area (Å²) in [7, 11) is 0. The average Bonchev–Trinajstić information content (AvgIpc) is 2.71. The number of hydrogen-bond acceptors (Lipinski definition) is 0. The van der Waals surface area contributed by atoms with Gasteiger partial charge in [-0.25, -0.2) is 0 Å². The molecule has 0 heterocycles. The van der Waals surface area contributed by atoms with Crippen LogP contribution in [0.2, 0.25) is 0 Å². The van der Waals surface area contributed by atoms with Crippen molar-refractivity contribution in [1.82, 2.24) is 0 Å². The highest BCUT2D eigenvalue weighted by molar-refractivity contribution is 9.09. The molecule has 1 heteroatoms. The molecule has 0 aliphatic heterocycles. The summed E-state index contributed by atoms with van der Waals surface area (Å²) in [4.78, 5) is 0.846. The fourth-order valence-corrected chi connectivity index (χ4v) is 4.04. The van der Waals surface area contributed by atoms with Gasteiger partial charge in [0.1, 0.15) is 0 Å². The minimum atomic E-state index is 0.846. The average molecular weight is 245 g/mol. The van der Waals surface area contributed by atoms with Crippen LogP contribution >= 0.6 is 15.9 Å². The molecule has 2 aliphatic carbocycles. The van der Waals surface area contributed by atoms with E-state index in [9.17, 15) is 0 Å². The quantitative estimate of drug-likeness (QED) is 0.633. The molecule has 2 fully saturated rings. The Balaban J connectivity index is 1.82. The van der Waals surface area contributed by atoms with E-state index in [0.29, 0.717) is 0 Å². The van der Waals surface area contributed by atoms with E-state index in [2.05, 4.69) is 22.9 Å². The van der Waals surface area contributed by atoms with Crippen molar-refractivity contribution in [2.75, 3.05) is 0 Å². The largest absolute Gasteiger partial charge is 0.0891 e. The molecule has 0 spiro atoms. The van der Waals surface area contributed by atoms with Gasteiger partial charge in [-0.05, 0) is 49.9 Å². The van der Waals surface area contributed by atoms with E-state index < -0.39 is 0 Å². The van der Waals surface area contributed by atoms with Crippen molar-refractivity contribution in [3.8, 4) is 0 Å². The van der Waals surface area contributed by atoms with Crippen molar-refractivity contribution in [1.29, 1.82) is 0 Å². The van der Waals surface area contributed by atoms with Gasteiger partial charge in [-0.2, -0.15) is 0 Å². The molecule has 0 aromatic carbocycles. The second kappa shape index (κ2) is 4.33. The van der Waals surface area contributed by atoms with Gasteiger partial charge in [-0.1, -0.05) is 35.7 Å². The second-order valence-electron chi connectivity index (χ2n) is 5.02. The van der Waals surface area contributed by atoms with Gasteiger partial charge in [0.15, 0.2) is 0 Å². The van der Waals surface area contributed by atoms with Crippen molar-refractivity contribution < 1.29 is 0 Å². The summed E-state index contributed by atoms with van der Waals surface area (Å²) in [5.74, 6) is 3.23. The second-order valence-corrected chi connectivity index (χ2v) is 6.31. The van der Waals surface area contributed by atoms with Crippen molar-refractivity contribution in [2.24, 2.45) is 17.8 Å². The predicted molar refractivity (Wildman–Crippen MR) is 61.2 cm³/mol. The first-order valence-corrected chi connectivity index (χ1v) is 6.85. The highest BCUT2D eigenvalue weighted by Crippen LogP contribution is 2.44. The summed E-state index contributed by atoms with van der Waals surface area (Å²) in [6.45, 7) is 2.36. The first-order valence-electron chi connectivity index (χ1n) is 5.93. The van der Waals surface area contributed by atoms with Crippen molar-refractivity contribution in [3.05, 3.63) is 0 Å². The number of alkyl halides is 1. The molecule has 0 nitrogen and oxygen atoms in total. The van der Waals surface area contributed by atoms with Gasteiger partial charge in [-0.15, -0.1) is 0 Å². The van der Waals surface area contributed by atoms with Gasteiger partial charge in [0.05, 0.1) is 0 Å². The van der Waals surface area contributed by atoms with Crippen LogP contribution in [0.4, 0.5) is 0 Å². The maximum atomic E-state index is 3.76. The molecule has 0 bridgehead atoms. The molecule has 0 amide bonds. The van der Waals surface area contributed by atoms with Crippen molar-refractivity contribution >= 4 is 15.9 Å². The first kappa shape index (κ1) is 10.0. The van der Waals surface area contributed by atoms with Gasteiger partial charge in [0.2, 0.25) is 0 Å². The summed E-state index contributed by atoms with van der Waals surface area (Å²) in [6, 6.07) is 0. The minimum absolute atomic E-state index is 0.846. The zero-order valence-electron chi connectivity index (χ0n) is 8.64. The lowest BCUT2D eigenvalue weighted by Crippen LogP contribution is -2.08. The SMILES string of the molecule is CCC1CCC(C2CCC(Br)C2)C1. The van der Waals surface area contributed by atoms with Gasteiger partial charge in [-0.3, -0.25) is 0 Å². The molecular formula is C12H21Br. The molecular weight excluding hydrogens is 224 g/mol. The Bertz CT molecular complexity index is 167. The first-order chi connectivity index (χ1) is 6.29. The minimum Gasteiger partial charge on any atom is -0.0891 e. The van der Waals surface area contributed by atoms with Crippen LogP contribution in [0.3, 0.4) is 0 Å². The molecule has 0 N–H and O–H groups in total. The third-order valence-electron chi connectivity index (χ3n) is 4.23. The Labute approximate surface area is 90.6 Å². The highest BCUT2D eigenvalue weighted by Gasteiger charge is 2.33. The lowest BCUT2D eigenvalue weighted by molar-refractivity contribution is 0.334. The van der Waals surface area contributed by atoms with Crippen LogP contribution in [-0.2, 0) is 0 Å². The van der Waals surface area contributed by atoms with Gasteiger partial charge in [0, 0.05) is 4.83 Å². The maximum absolute atomic E-state index is 3.76. The number of rotatable bonds is 2. The van der Waals surface area contributed by atoms with E-state index in [0.717, 1.165) is 22.6 Å². The van der Waals surface area contributed by atoms with Crippen LogP contribution in [0, 0.1) is 17.8 Å². The van der Waals surface area contributed by atoms with E-state index >= 15 is 0 Å². The van der Waals surface area contributed by atoms with E-state index in [4.69, 9.17) is 0 Å². The van der Waals surface area contributed by atoms with Gasteiger partial charge < -0.3 is 0 Å². The van der Waals surface area contributed by atoms with Gasteiger partial charge >= 0.3 is 0 Å². The molecule has 0 radical (unpaired) electrons. The Morgan fingerprint density at radius 1 is 1.00 bits per heavy atom. The highest BCUT2D eigenvalue weighted by atomic mass is 79.9. The zero-order valence-corrected chi connectivity index (χ0v) is 10.2. The van der Waals surface area contributed by atoms with E-state index in [1.807, 2.05) is 0 Å². The van der Waals surface area contributed by atoms with E-state index in [1.54, 1.807) is 6.42 Å². The monoisotopic (exact) mass is 244 g/mol. The van der Waals surface area contributed by atoms with Gasteiger partial charge in [0.25, 0.3) is 0 Å². The fourth-order valence-electron chi connectivity index (χ4n) is 3.30. The van der Waals surface area contributed by atoms with Crippen molar-refractivity contribution in [3.63, 3.8) is 0 Å². The Kier molecular flexibility index (Phi) is 3.34. The molecule has 2 saturated carbocycles. The number of halogens is 1. The maximum Gasteiger partial charge on any atom is 0.0148 e. The summed E-state index contributed by atoms with van der Waals surface area (Å²) in [5.41, 5.74) is 0. The summed E-state index contributed by atoms with van der Waals surface area (Å²) < 4.78 is 0. The molecule has 13 heavy (non-hydrogen) atoms. The smallest absolute Gasteiger partial charge is 0.0148 e. The van der Waals surface area contributed by atoms with Crippen LogP contribution in [0.1, 0.15) is 51.9 Å². The molecule has 0 saturated heterocycles. The normalized spacial score (nSPS) is 45.7. The van der Waals surface area contributed by atoms with E-state index in [1.165, 1.54) is 38.5 Å². The molecule has 2 rings (SSSR count).